The zero-order valence-electron chi connectivity index (χ0n) is 25.8. The number of rotatable bonds is 1. The van der Waals surface area contributed by atoms with Crippen molar-refractivity contribution in [2.24, 2.45) is 0 Å². The molecule has 1 amide bonds. The Kier molecular flexibility index (Phi) is 11.5. The molecule has 0 N–H and O–H groups in total. The van der Waals surface area contributed by atoms with Gasteiger partial charge in [-0.1, -0.05) is 34.8 Å². The van der Waals surface area contributed by atoms with E-state index in [9.17, 15) is 9.59 Å². The SMILES string of the molecule is CCOC(=O)N1CCC(=C2c3ccc(Cl)c(Br)c3CCc3cc(Br)cnc32)CC1.O=C1c2ccc(Cl)c(Br)c2CCc2cc(Br)cnc21. The smallest absolute Gasteiger partial charge is 0.409 e. The van der Waals surface area contributed by atoms with Crippen molar-refractivity contribution in [3.63, 3.8) is 0 Å². The number of likely N-dealkylation sites (tertiary alicyclic amines) is 1. The number of ketones is 1. The number of pyridine rings is 2. The van der Waals surface area contributed by atoms with E-state index in [1.54, 1.807) is 23.2 Å². The number of fused-ring (bicyclic) bond motifs is 4. The zero-order chi connectivity index (χ0) is 34.1. The fourth-order valence-electron chi connectivity index (χ4n) is 6.45. The fourth-order valence-corrected chi connectivity index (χ4v) is 8.65. The van der Waals surface area contributed by atoms with Crippen LogP contribution in [0.1, 0.15) is 69.3 Å². The van der Waals surface area contributed by atoms with Gasteiger partial charge in [0.25, 0.3) is 0 Å². The number of carbonyl (C=O) groups is 2. The third-order valence-electron chi connectivity index (χ3n) is 8.76. The van der Waals surface area contributed by atoms with Gasteiger partial charge in [0.05, 0.1) is 22.3 Å². The van der Waals surface area contributed by atoms with Gasteiger partial charge in [0.2, 0.25) is 5.78 Å². The first kappa shape index (κ1) is 35.7. The van der Waals surface area contributed by atoms with E-state index in [-0.39, 0.29) is 11.9 Å². The summed E-state index contributed by atoms with van der Waals surface area (Å²) in [6.07, 6.45) is 8.26. The quantitative estimate of drug-likeness (QED) is 0.190. The number of carbonyl (C=O) groups excluding carboxylic acids is 2. The molecule has 7 rings (SSSR count). The van der Waals surface area contributed by atoms with Crippen LogP contribution in [0.3, 0.4) is 0 Å². The van der Waals surface area contributed by atoms with Crippen molar-refractivity contribution in [1.82, 2.24) is 14.9 Å². The third kappa shape index (κ3) is 7.35. The van der Waals surface area contributed by atoms with E-state index in [0.717, 1.165) is 78.3 Å². The molecule has 1 aliphatic heterocycles. The number of aromatic nitrogens is 2. The maximum Gasteiger partial charge on any atom is 0.409 e. The number of piperidine rings is 1. The van der Waals surface area contributed by atoms with E-state index >= 15 is 0 Å². The monoisotopic (exact) mass is 937 g/mol. The minimum absolute atomic E-state index is 0.0348. The van der Waals surface area contributed by atoms with Crippen LogP contribution in [0.25, 0.3) is 5.57 Å². The van der Waals surface area contributed by atoms with Crippen LogP contribution in [0.4, 0.5) is 4.79 Å². The van der Waals surface area contributed by atoms with Crippen LogP contribution in [0.5, 0.6) is 0 Å². The Labute approximate surface area is 323 Å². The fraction of sp³-hybridized carbons (Fsp3) is 0.278. The van der Waals surface area contributed by atoms with Crippen LogP contribution < -0.4 is 0 Å². The molecule has 0 radical (unpaired) electrons. The van der Waals surface area contributed by atoms with Gasteiger partial charge in [0, 0.05) is 54.5 Å². The summed E-state index contributed by atoms with van der Waals surface area (Å²) in [6.45, 7) is 3.56. The highest BCUT2D eigenvalue weighted by atomic mass is 79.9. The van der Waals surface area contributed by atoms with Crippen molar-refractivity contribution < 1.29 is 14.3 Å². The summed E-state index contributed by atoms with van der Waals surface area (Å²) in [5, 5.41) is 1.36. The second-order valence-electron chi connectivity index (χ2n) is 11.6. The lowest BCUT2D eigenvalue weighted by Gasteiger charge is -2.29. The van der Waals surface area contributed by atoms with Crippen LogP contribution in [0, 0.1) is 0 Å². The van der Waals surface area contributed by atoms with E-state index in [2.05, 4.69) is 80.8 Å². The molecule has 0 saturated carbocycles. The molecule has 0 unspecified atom stereocenters. The van der Waals surface area contributed by atoms with Crippen molar-refractivity contribution in [2.75, 3.05) is 19.7 Å². The Morgan fingerprint density at radius 3 is 1.88 bits per heavy atom. The Bertz CT molecular complexity index is 1970. The molecule has 248 valence electrons. The normalized spacial score (nSPS) is 15.2. The number of hydrogen-bond donors (Lipinski definition) is 0. The number of hydrogen-bond acceptors (Lipinski definition) is 5. The average molecular weight is 942 g/mol. The Hall–Kier alpha value is -2.08. The Balaban J connectivity index is 0.000000182. The highest BCUT2D eigenvalue weighted by Gasteiger charge is 2.29. The van der Waals surface area contributed by atoms with Crippen molar-refractivity contribution in [3.8, 4) is 0 Å². The predicted molar refractivity (Wildman–Crippen MR) is 204 cm³/mol. The number of halogens is 6. The van der Waals surface area contributed by atoms with Crippen molar-refractivity contribution in [3.05, 3.63) is 127 Å². The third-order valence-corrected chi connectivity index (χ3v) is 12.5. The van der Waals surface area contributed by atoms with E-state index in [0.29, 0.717) is 36.0 Å². The standard InChI is InChI=1S/C22H21Br2ClN2O2.C14H8Br2ClNO/c1-2-29-22(28)27-9-7-13(8-10-27)19-16-5-6-18(25)20(24)17(16)4-3-14-11-15(23)12-26-21(14)19;15-8-5-7-1-2-9-10(3-4-11(17)12(9)16)14(19)13(7)18-6-8/h5-6,11-12H,2-4,7-10H2,1H3;3-6H,1-2H2. The van der Waals surface area contributed by atoms with E-state index in [1.165, 1.54) is 27.8 Å². The molecule has 0 atom stereocenters. The predicted octanol–water partition coefficient (Wildman–Crippen LogP) is 11.0. The average Bonchev–Trinajstić information content (AvgIpc) is 3.32. The molecule has 4 aromatic rings. The van der Waals surface area contributed by atoms with E-state index in [4.69, 9.17) is 32.9 Å². The first-order valence-electron chi connectivity index (χ1n) is 15.5. The lowest BCUT2D eigenvalue weighted by molar-refractivity contribution is 0.103. The first-order valence-corrected chi connectivity index (χ1v) is 19.4. The Morgan fingerprint density at radius 2 is 1.29 bits per heavy atom. The van der Waals surface area contributed by atoms with E-state index in [1.807, 2.05) is 25.3 Å². The number of benzene rings is 2. The summed E-state index contributed by atoms with van der Waals surface area (Å²) in [5.41, 5.74) is 10.4. The molecule has 2 aromatic carbocycles. The van der Waals surface area contributed by atoms with Gasteiger partial charge in [-0.25, -0.2) is 4.79 Å². The van der Waals surface area contributed by atoms with E-state index < -0.39 is 0 Å². The number of amides is 1. The molecule has 12 heteroatoms. The lowest BCUT2D eigenvalue weighted by Crippen LogP contribution is -2.37. The number of nitrogens with zero attached hydrogens (tertiary/aromatic N) is 3. The van der Waals surface area contributed by atoms with Crippen molar-refractivity contribution in [1.29, 1.82) is 0 Å². The first-order chi connectivity index (χ1) is 23.1. The molecule has 2 aliphatic carbocycles. The van der Waals surface area contributed by atoms with Crippen molar-refractivity contribution >= 4 is 104 Å². The van der Waals surface area contributed by atoms with Crippen LogP contribution in [0.2, 0.25) is 10.0 Å². The molecule has 1 saturated heterocycles. The molecule has 0 bridgehead atoms. The molecule has 48 heavy (non-hydrogen) atoms. The second kappa shape index (κ2) is 15.4. The second-order valence-corrected chi connectivity index (χ2v) is 15.8. The summed E-state index contributed by atoms with van der Waals surface area (Å²) in [7, 11) is 0. The molecule has 2 aromatic heterocycles. The molecule has 0 spiro atoms. The molecular formula is C36H29Br4Cl2N3O3. The minimum atomic E-state index is -0.227. The molecule has 1 fully saturated rings. The van der Waals surface area contributed by atoms with Crippen LogP contribution >= 0.6 is 86.9 Å². The van der Waals surface area contributed by atoms with Gasteiger partial charge >= 0.3 is 6.09 Å². The maximum absolute atomic E-state index is 12.6. The summed E-state index contributed by atoms with van der Waals surface area (Å²) in [6, 6.07) is 11.7. The largest absolute Gasteiger partial charge is 0.450 e. The van der Waals surface area contributed by atoms with Gasteiger partial charge in [-0.05, 0) is 167 Å². The summed E-state index contributed by atoms with van der Waals surface area (Å²) < 4.78 is 8.82. The van der Waals surface area contributed by atoms with Gasteiger partial charge in [-0.3, -0.25) is 14.8 Å². The maximum atomic E-state index is 12.6. The zero-order valence-corrected chi connectivity index (χ0v) is 33.7. The van der Waals surface area contributed by atoms with Crippen LogP contribution in [-0.2, 0) is 30.4 Å². The topological polar surface area (TPSA) is 72.4 Å². The number of aryl methyl sites for hydroxylation is 2. The Morgan fingerprint density at radius 1 is 0.771 bits per heavy atom. The highest BCUT2D eigenvalue weighted by molar-refractivity contribution is 9.11. The van der Waals surface area contributed by atoms with Gasteiger partial charge in [-0.15, -0.1) is 0 Å². The lowest BCUT2D eigenvalue weighted by atomic mass is 9.88. The van der Waals surface area contributed by atoms with Crippen molar-refractivity contribution in [2.45, 2.75) is 45.4 Å². The molecular weight excluding hydrogens is 913 g/mol. The summed E-state index contributed by atoms with van der Waals surface area (Å²) in [5.74, 6) is -0.0348. The van der Waals surface area contributed by atoms with Gasteiger partial charge in [0.15, 0.2) is 0 Å². The number of ether oxygens (including phenoxy) is 1. The van der Waals surface area contributed by atoms with Gasteiger partial charge in [0.1, 0.15) is 5.69 Å². The highest BCUT2D eigenvalue weighted by Crippen LogP contribution is 2.42. The summed E-state index contributed by atoms with van der Waals surface area (Å²) >= 11 is 26.6. The van der Waals surface area contributed by atoms with Crippen LogP contribution in [0.15, 0.2) is 72.3 Å². The molecule has 6 nitrogen and oxygen atoms in total. The molecule has 3 aliphatic rings. The van der Waals surface area contributed by atoms with Crippen LogP contribution in [-0.4, -0.2) is 46.4 Å². The van der Waals surface area contributed by atoms with Gasteiger partial charge < -0.3 is 9.64 Å². The minimum Gasteiger partial charge on any atom is -0.450 e. The summed E-state index contributed by atoms with van der Waals surface area (Å²) in [4.78, 5) is 35.5. The van der Waals surface area contributed by atoms with Gasteiger partial charge in [-0.2, -0.15) is 0 Å². The molecule has 3 heterocycles.